The highest BCUT2D eigenvalue weighted by Gasteiger charge is 2.65. The van der Waals surface area contributed by atoms with Gasteiger partial charge in [0.15, 0.2) is 0 Å². The van der Waals surface area contributed by atoms with Crippen LogP contribution in [0.15, 0.2) is 0 Å². The number of cyclic esters (lactones) is 2. The molecule has 18 heavy (non-hydrogen) atoms. The molecule has 100 valence electrons. The second kappa shape index (κ2) is 3.75. The fourth-order valence-corrected chi connectivity index (χ4v) is 5.45. The zero-order valence-electron chi connectivity index (χ0n) is 9.75. The highest BCUT2D eigenvalue weighted by Crippen LogP contribution is 2.57. The molecule has 3 aliphatic rings. The summed E-state index contributed by atoms with van der Waals surface area (Å²) in [5.74, 6) is -2.35. The van der Waals surface area contributed by atoms with Crippen molar-refractivity contribution < 1.29 is 22.7 Å². The molecule has 3 fully saturated rings. The molecule has 0 aromatic heterocycles. The first kappa shape index (κ1) is 12.1. The Balaban J connectivity index is 1.90. The van der Waals surface area contributed by atoms with E-state index in [0.29, 0.717) is 12.8 Å². The summed E-state index contributed by atoms with van der Waals surface area (Å²) in [6.45, 7) is 0. The van der Waals surface area contributed by atoms with Crippen molar-refractivity contribution in [3.05, 3.63) is 0 Å². The number of hydrogen-bond acceptors (Lipinski definition) is 6. The number of hydrogen-bond donors (Lipinski definition) is 2. The Morgan fingerprint density at radius 3 is 2.50 bits per heavy atom. The van der Waals surface area contributed by atoms with Crippen LogP contribution in [0.5, 0.6) is 0 Å². The summed E-state index contributed by atoms with van der Waals surface area (Å²) >= 11 is 0. The standard InChI is InChI=1S/C10H14N2O5S/c1-11-12-18(15,16)6-3-4-2-5(6)8-7(4)9(13)17-10(8)14/h4-8,11-12H,2-3H2,1H3. The van der Waals surface area contributed by atoms with Crippen molar-refractivity contribution >= 4 is 22.0 Å². The van der Waals surface area contributed by atoms with Gasteiger partial charge in [0.25, 0.3) is 0 Å². The minimum Gasteiger partial charge on any atom is -0.393 e. The highest BCUT2D eigenvalue weighted by atomic mass is 32.2. The van der Waals surface area contributed by atoms with Gasteiger partial charge in [-0.3, -0.25) is 9.59 Å². The normalized spacial score (nSPS) is 42.2. The average Bonchev–Trinajstić information content (AvgIpc) is 2.91. The van der Waals surface area contributed by atoms with Gasteiger partial charge in [0.1, 0.15) is 0 Å². The summed E-state index contributed by atoms with van der Waals surface area (Å²) in [4.78, 5) is 25.4. The molecule has 5 unspecified atom stereocenters. The maximum atomic E-state index is 12.0. The summed E-state index contributed by atoms with van der Waals surface area (Å²) in [6, 6.07) is 0. The Morgan fingerprint density at radius 2 is 1.83 bits per heavy atom. The van der Waals surface area contributed by atoms with E-state index in [4.69, 9.17) is 0 Å². The Hall–Kier alpha value is -0.990. The van der Waals surface area contributed by atoms with Gasteiger partial charge in [0.05, 0.1) is 17.1 Å². The van der Waals surface area contributed by atoms with Crippen LogP contribution in [0.2, 0.25) is 0 Å². The molecule has 2 N–H and O–H groups in total. The van der Waals surface area contributed by atoms with Gasteiger partial charge in [0, 0.05) is 0 Å². The van der Waals surface area contributed by atoms with E-state index < -0.39 is 39.0 Å². The lowest BCUT2D eigenvalue weighted by Crippen LogP contribution is -2.46. The Bertz CT molecular complexity index is 516. The molecule has 0 radical (unpaired) electrons. The van der Waals surface area contributed by atoms with Crippen molar-refractivity contribution in [2.24, 2.45) is 23.7 Å². The maximum Gasteiger partial charge on any atom is 0.317 e. The number of sulfonamides is 1. The van der Waals surface area contributed by atoms with E-state index >= 15 is 0 Å². The highest BCUT2D eigenvalue weighted by molar-refractivity contribution is 7.90. The summed E-state index contributed by atoms with van der Waals surface area (Å²) in [5.41, 5.74) is 2.40. The van der Waals surface area contributed by atoms with Crippen LogP contribution in [0.1, 0.15) is 12.8 Å². The van der Waals surface area contributed by atoms with E-state index in [1.807, 2.05) is 0 Å². The Labute approximate surface area is 104 Å². The summed E-state index contributed by atoms with van der Waals surface area (Å²) in [6.07, 6.45) is 1.04. The van der Waals surface area contributed by atoms with E-state index in [1.165, 1.54) is 7.05 Å². The van der Waals surface area contributed by atoms with Crippen LogP contribution in [0, 0.1) is 23.7 Å². The van der Waals surface area contributed by atoms with Gasteiger partial charge >= 0.3 is 11.9 Å². The van der Waals surface area contributed by atoms with Gasteiger partial charge < -0.3 is 4.74 Å². The molecule has 0 aromatic carbocycles. The molecular weight excluding hydrogens is 260 g/mol. The molecule has 1 aliphatic heterocycles. The van der Waals surface area contributed by atoms with Crippen LogP contribution >= 0.6 is 0 Å². The molecule has 8 heteroatoms. The topological polar surface area (TPSA) is 102 Å². The van der Waals surface area contributed by atoms with Crippen molar-refractivity contribution in [1.29, 1.82) is 0 Å². The second-order valence-electron chi connectivity index (χ2n) is 5.12. The lowest BCUT2D eigenvalue weighted by molar-refractivity contribution is -0.154. The number of carbonyl (C=O) groups excluding carboxylic acids is 2. The average molecular weight is 274 g/mol. The molecular formula is C10H14N2O5S. The number of carbonyl (C=O) groups is 2. The molecule has 3 rings (SSSR count). The fraction of sp³-hybridized carbons (Fsp3) is 0.800. The molecule has 2 aliphatic carbocycles. The molecule has 0 amide bonds. The number of fused-ring (bicyclic) bond motifs is 5. The zero-order chi connectivity index (χ0) is 13.1. The maximum absolute atomic E-state index is 12.0. The number of rotatable bonds is 3. The largest absolute Gasteiger partial charge is 0.393 e. The van der Waals surface area contributed by atoms with Crippen molar-refractivity contribution in [3.8, 4) is 0 Å². The third kappa shape index (κ3) is 1.45. The summed E-state index contributed by atoms with van der Waals surface area (Å²) in [7, 11) is -2.03. The number of esters is 2. The van der Waals surface area contributed by atoms with Crippen LogP contribution in [0.25, 0.3) is 0 Å². The Kier molecular flexibility index (Phi) is 2.51. The molecule has 7 nitrogen and oxygen atoms in total. The quantitative estimate of drug-likeness (QED) is 0.379. The van der Waals surface area contributed by atoms with Crippen LogP contribution in [0.4, 0.5) is 0 Å². The lowest BCUT2D eigenvalue weighted by atomic mass is 9.81. The monoisotopic (exact) mass is 274 g/mol. The summed E-state index contributed by atoms with van der Waals surface area (Å²) < 4.78 is 28.6. The predicted molar refractivity (Wildman–Crippen MR) is 59.2 cm³/mol. The van der Waals surface area contributed by atoms with Crippen LogP contribution in [-0.4, -0.2) is 32.7 Å². The van der Waals surface area contributed by atoms with Crippen molar-refractivity contribution in [2.45, 2.75) is 18.1 Å². The van der Waals surface area contributed by atoms with E-state index in [-0.39, 0.29) is 11.8 Å². The van der Waals surface area contributed by atoms with Crippen LogP contribution in [0.3, 0.4) is 0 Å². The van der Waals surface area contributed by atoms with Crippen molar-refractivity contribution in [3.63, 3.8) is 0 Å². The van der Waals surface area contributed by atoms with Gasteiger partial charge in [-0.1, -0.05) is 0 Å². The first-order valence-corrected chi connectivity index (χ1v) is 7.43. The van der Waals surface area contributed by atoms with E-state index in [1.54, 1.807) is 0 Å². The fourth-order valence-electron chi connectivity index (χ4n) is 3.77. The predicted octanol–water partition coefficient (Wildman–Crippen LogP) is -1.24. The van der Waals surface area contributed by atoms with E-state index in [0.717, 1.165) is 0 Å². The van der Waals surface area contributed by atoms with E-state index in [9.17, 15) is 18.0 Å². The summed E-state index contributed by atoms with van der Waals surface area (Å²) in [5, 5.41) is -0.616. The van der Waals surface area contributed by atoms with Crippen LogP contribution in [-0.2, 0) is 24.3 Å². The molecule has 2 bridgehead atoms. The molecule has 1 saturated heterocycles. The molecule has 1 heterocycles. The van der Waals surface area contributed by atoms with Gasteiger partial charge in [-0.05, 0) is 31.7 Å². The molecule has 0 aromatic rings. The third-order valence-electron chi connectivity index (χ3n) is 4.33. The van der Waals surface area contributed by atoms with Crippen molar-refractivity contribution in [1.82, 2.24) is 10.3 Å². The minimum absolute atomic E-state index is 0.0441. The van der Waals surface area contributed by atoms with Gasteiger partial charge in [-0.25, -0.2) is 13.8 Å². The molecule has 0 spiro atoms. The molecule has 5 atom stereocenters. The second-order valence-corrected chi connectivity index (χ2v) is 7.02. The molecule has 2 saturated carbocycles. The zero-order valence-corrected chi connectivity index (χ0v) is 10.6. The number of nitrogens with one attached hydrogen (secondary N) is 2. The van der Waals surface area contributed by atoms with Gasteiger partial charge in [-0.2, -0.15) is 4.83 Å². The van der Waals surface area contributed by atoms with Crippen molar-refractivity contribution in [2.75, 3.05) is 7.05 Å². The first-order valence-electron chi connectivity index (χ1n) is 5.88. The minimum atomic E-state index is -3.50. The lowest BCUT2D eigenvalue weighted by Gasteiger charge is -2.27. The number of ether oxygens (including phenoxy) is 1. The number of hydrazine groups is 1. The SMILES string of the molecule is CNNS(=O)(=O)C1CC2CC1C1C(=O)OC(=O)C21. The Morgan fingerprint density at radius 1 is 1.17 bits per heavy atom. The first-order chi connectivity index (χ1) is 8.45. The van der Waals surface area contributed by atoms with Gasteiger partial charge in [-0.15, -0.1) is 0 Å². The smallest absolute Gasteiger partial charge is 0.317 e. The van der Waals surface area contributed by atoms with Crippen LogP contribution < -0.4 is 10.3 Å². The third-order valence-corrected chi connectivity index (χ3v) is 6.16. The van der Waals surface area contributed by atoms with E-state index in [2.05, 4.69) is 15.0 Å². The van der Waals surface area contributed by atoms with Gasteiger partial charge in [0.2, 0.25) is 10.0 Å².